The molecule has 4 nitrogen and oxygen atoms in total. The van der Waals surface area contributed by atoms with E-state index in [9.17, 15) is 17.2 Å². The van der Waals surface area contributed by atoms with E-state index in [4.69, 9.17) is 11.6 Å². The first-order valence-corrected chi connectivity index (χ1v) is 8.04. The van der Waals surface area contributed by atoms with Gasteiger partial charge in [-0.15, -0.1) is 0 Å². The van der Waals surface area contributed by atoms with E-state index < -0.39 is 21.7 Å². The van der Waals surface area contributed by atoms with Gasteiger partial charge in [0.05, 0.1) is 5.69 Å². The van der Waals surface area contributed by atoms with Crippen LogP contribution in [0.5, 0.6) is 0 Å². The third-order valence-electron chi connectivity index (χ3n) is 2.42. The van der Waals surface area contributed by atoms with E-state index in [2.05, 4.69) is 9.71 Å². The number of hydrogen-bond acceptors (Lipinski definition) is 4. The highest BCUT2D eigenvalue weighted by Gasteiger charge is 2.21. The fourth-order valence-corrected chi connectivity index (χ4v) is 4.29. The monoisotopic (exact) mass is 338 g/mol. The molecule has 108 valence electrons. The Morgan fingerprint density at radius 1 is 1.35 bits per heavy atom. The van der Waals surface area contributed by atoms with E-state index in [1.165, 1.54) is 13.0 Å². The summed E-state index contributed by atoms with van der Waals surface area (Å²) < 4.78 is 52.2. The SMILES string of the molecule is Cc1nc(Cl)sc1S(=O)(=O)NCc1ccc(F)c(F)c1. The Bertz CT molecular complexity index is 747. The van der Waals surface area contributed by atoms with Crippen molar-refractivity contribution < 1.29 is 17.2 Å². The molecule has 20 heavy (non-hydrogen) atoms. The van der Waals surface area contributed by atoms with E-state index in [1.54, 1.807) is 0 Å². The van der Waals surface area contributed by atoms with Crippen LogP contribution in [0.2, 0.25) is 4.47 Å². The minimum absolute atomic E-state index is 0.00471. The highest BCUT2D eigenvalue weighted by molar-refractivity contribution is 7.91. The zero-order valence-electron chi connectivity index (χ0n) is 10.2. The molecule has 0 atom stereocenters. The van der Waals surface area contributed by atoms with Gasteiger partial charge in [-0.1, -0.05) is 29.0 Å². The molecule has 2 aromatic rings. The Hall–Kier alpha value is -1.09. The van der Waals surface area contributed by atoms with Crippen LogP contribution >= 0.6 is 22.9 Å². The Kier molecular flexibility index (Phi) is 4.38. The van der Waals surface area contributed by atoms with Crippen molar-refractivity contribution in [2.24, 2.45) is 0 Å². The molecule has 1 N–H and O–H groups in total. The van der Waals surface area contributed by atoms with E-state index in [1.807, 2.05) is 0 Å². The van der Waals surface area contributed by atoms with Crippen LogP contribution in [0.4, 0.5) is 8.78 Å². The second-order valence-electron chi connectivity index (χ2n) is 3.91. The first kappa shape index (κ1) is 15.3. The van der Waals surface area contributed by atoms with Crippen molar-refractivity contribution in [3.05, 3.63) is 45.6 Å². The molecule has 1 heterocycles. The molecule has 1 aromatic carbocycles. The lowest BCUT2D eigenvalue weighted by atomic mass is 10.2. The second-order valence-corrected chi connectivity index (χ2v) is 7.46. The molecule has 0 bridgehead atoms. The topological polar surface area (TPSA) is 59.1 Å². The number of sulfonamides is 1. The predicted octanol–water partition coefficient (Wildman–Crippen LogP) is 2.86. The molecule has 0 aliphatic rings. The highest BCUT2D eigenvalue weighted by atomic mass is 35.5. The Morgan fingerprint density at radius 3 is 2.60 bits per heavy atom. The number of rotatable bonds is 4. The number of nitrogens with zero attached hydrogens (tertiary/aromatic N) is 1. The Morgan fingerprint density at radius 2 is 2.05 bits per heavy atom. The van der Waals surface area contributed by atoms with Gasteiger partial charge in [0.25, 0.3) is 10.0 Å². The largest absolute Gasteiger partial charge is 0.252 e. The van der Waals surface area contributed by atoms with Crippen LogP contribution in [0, 0.1) is 18.6 Å². The van der Waals surface area contributed by atoms with E-state index >= 15 is 0 Å². The van der Waals surface area contributed by atoms with Crippen LogP contribution in [0.15, 0.2) is 22.4 Å². The molecule has 0 amide bonds. The second kappa shape index (κ2) is 5.72. The fraction of sp³-hybridized carbons (Fsp3) is 0.182. The van der Waals surface area contributed by atoms with Gasteiger partial charge in [0, 0.05) is 6.54 Å². The zero-order chi connectivity index (χ0) is 14.9. The van der Waals surface area contributed by atoms with Gasteiger partial charge in [0.15, 0.2) is 20.3 Å². The minimum atomic E-state index is -3.79. The van der Waals surface area contributed by atoms with Gasteiger partial charge in [-0.25, -0.2) is 26.9 Å². The normalized spacial score (nSPS) is 11.8. The van der Waals surface area contributed by atoms with Gasteiger partial charge in [-0.05, 0) is 24.6 Å². The van der Waals surface area contributed by atoms with Crippen LogP contribution < -0.4 is 4.72 Å². The molecule has 0 saturated heterocycles. The summed E-state index contributed by atoms with van der Waals surface area (Å²) in [5.41, 5.74) is 0.596. The van der Waals surface area contributed by atoms with Crippen LogP contribution in [-0.2, 0) is 16.6 Å². The summed E-state index contributed by atoms with van der Waals surface area (Å²) in [6.45, 7) is 1.36. The molecule has 2 rings (SSSR count). The lowest BCUT2D eigenvalue weighted by molar-refractivity contribution is 0.506. The maximum atomic E-state index is 13.0. The number of hydrogen-bond donors (Lipinski definition) is 1. The summed E-state index contributed by atoms with van der Waals surface area (Å²) in [5, 5.41) is 0. The van der Waals surface area contributed by atoms with Crippen LogP contribution in [0.25, 0.3) is 0 Å². The lowest BCUT2D eigenvalue weighted by Gasteiger charge is -2.06. The maximum absolute atomic E-state index is 13.0. The van der Waals surface area contributed by atoms with Crippen molar-refractivity contribution in [3.8, 4) is 0 Å². The van der Waals surface area contributed by atoms with E-state index in [0.29, 0.717) is 5.56 Å². The molecule has 9 heteroatoms. The molecule has 0 aliphatic carbocycles. The summed E-state index contributed by atoms with van der Waals surface area (Å²) in [7, 11) is -3.79. The molecule has 0 spiro atoms. The van der Waals surface area contributed by atoms with Crippen molar-refractivity contribution in [2.75, 3.05) is 0 Å². The van der Waals surface area contributed by atoms with Crippen molar-refractivity contribution in [1.29, 1.82) is 0 Å². The average molecular weight is 339 g/mol. The van der Waals surface area contributed by atoms with Crippen molar-refractivity contribution in [3.63, 3.8) is 0 Å². The van der Waals surface area contributed by atoms with Gasteiger partial charge in [0.2, 0.25) is 0 Å². The number of nitrogens with one attached hydrogen (secondary N) is 1. The van der Waals surface area contributed by atoms with Gasteiger partial charge in [-0.2, -0.15) is 0 Å². The number of aromatic nitrogens is 1. The molecule has 0 unspecified atom stereocenters. The van der Waals surface area contributed by atoms with Crippen LogP contribution in [0.3, 0.4) is 0 Å². The number of halogens is 3. The summed E-state index contributed by atoms with van der Waals surface area (Å²) in [6, 6.07) is 3.17. The third kappa shape index (κ3) is 3.32. The first-order valence-electron chi connectivity index (χ1n) is 5.36. The number of thiazole rings is 1. The zero-order valence-corrected chi connectivity index (χ0v) is 12.5. The summed E-state index contributed by atoms with van der Waals surface area (Å²) in [5.74, 6) is -2.01. The van der Waals surface area contributed by atoms with Crippen LogP contribution in [-0.4, -0.2) is 13.4 Å². The van der Waals surface area contributed by atoms with Crippen molar-refractivity contribution in [2.45, 2.75) is 17.7 Å². The third-order valence-corrected chi connectivity index (χ3v) is 5.70. The van der Waals surface area contributed by atoms with Gasteiger partial charge in [-0.3, -0.25) is 0 Å². The minimum Gasteiger partial charge on any atom is -0.229 e. The number of benzene rings is 1. The van der Waals surface area contributed by atoms with E-state index in [-0.39, 0.29) is 20.9 Å². The molecular formula is C11H9ClF2N2O2S2. The van der Waals surface area contributed by atoms with Crippen LogP contribution in [0.1, 0.15) is 11.3 Å². The quantitative estimate of drug-likeness (QED) is 0.932. The summed E-state index contributed by atoms with van der Waals surface area (Å²) in [6.07, 6.45) is 0. The molecule has 0 radical (unpaired) electrons. The highest BCUT2D eigenvalue weighted by Crippen LogP contribution is 2.26. The fourth-order valence-electron chi connectivity index (χ4n) is 1.49. The van der Waals surface area contributed by atoms with Gasteiger partial charge in [0.1, 0.15) is 0 Å². The lowest BCUT2D eigenvalue weighted by Crippen LogP contribution is -2.23. The summed E-state index contributed by atoms with van der Waals surface area (Å²) >= 11 is 6.48. The molecule has 0 fully saturated rings. The maximum Gasteiger partial charge on any atom is 0.252 e. The molecular weight excluding hydrogens is 330 g/mol. The summed E-state index contributed by atoms with van der Waals surface area (Å²) in [4.78, 5) is 3.81. The smallest absolute Gasteiger partial charge is 0.229 e. The average Bonchev–Trinajstić information content (AvgIpc) is 2.71. The molecule has 0 aliphatic heterocycles. The van der Waals surface area contributed by atoms with Gasteiger partial charge < -0.3 is 0 Å². The molecule has 0 saturated carbocycles. The predicted molar refractivity (Wildman–Crippen MR) is 72.2 cm³/mol. The Labute approximate surface area is 123 Å². The molecule has 1 aromatic heterocycles. The van der Waals surface area contributed by atoms with Crippen molar-refractivity contribution >= 4 is 33.0 Å². The van der Waals surface area contributed by atoms with Gasteiger partial charge >= 0.3 is 0 Å². The standard InChI is InChI=1S/C11H9ClF2N2O2S2/c1-6-10(19-11(12)16-6)20(17,18)15-5-7-2-3-8(13)9(14)4-7/h2-4,15H,5H2,1H3. The first-order chi connectivity index (χ1) is 9.29. The number of aryl methyl sites for hydroxylation is 1. The Balaban J connectivity index is 2.17. The van der Waals surface area contributed by atoms with Crippen molar-refractivity contribution in [1.82, 2.24) is 9.71 Å². The van der Waals surface area contributed by atoms with E-state index in [0.717, 1.165) is 23.5 Å².